The van der Waals surface area contributed by atoms with Crippen LogP contribution < -0.4 is 10.6 Å². The third-order valence-corrected chi connectivity index (χ3v) is 4.61. The van der Waals surface area contributed by atoms with E-state index in [1.807, 2.05) is 30.3 Å². The Balaban J connectivity index is 1.41. The van der Waals surface area contributed by atoms with Crippen LogP contribution in [0.15, 0.2) is 60.8 Å². The number of hydrogen-bond donors (Lipinski definition) is 2. The summed E-state index contributed by atoms with van der Waals surface area (Å²) in [5, 5.41) is 15.5. The van der Waals surface area contributed by atoms with Crippen molar-refractivity contribution in [1.82, 2.24) is 4.98 Å². The average Bonchev–Trinajstić information content (AvgIpc) is 3.50. The van der Waals surface area contributed by atoms with Crippen LogP contribution in [0.3, 0.4) is 0 Å². The van der Waals surface area contributed by atoms with Crippen LogP contribution in [0.25, 0.3) is 10.9 Å². The lowest BCUT2D eigenvalue weighted by molar-refractivity contribution is -0.122. The number of anilines is 2. The molecular formula is C21H16N4O2. The third-order valence-electron chi connectivity index (χ3n) is 4.61. The van der Waals surface area contributed by atoms with Gasteiger partial charge in [0.1, 0.15) is 0 Å². The van der Waals surface area contributed by atoms with E-state index in [9.17, 15) is 9.59 Å². The number of benzene rings is 2. The second kappa shape index (κ2) is 6.89. The van der Waals surface area contributed by atoms with Gasteiger partial charge in [-0.25, -0.2) is 0 Å². The summed E-state index contributed by atoms with van der Waals surface area (Å²) >= 11 is 0. The predicted octanol–water partition coefficient (Wildman–Crippen LogP) is 3.32. The molecule has 1 heterocycles. The Morgan fingerprint density at radius 1 is 1.00 bits per heavy atom. The van der Waals surface area contributed by atoms with Crippen LogP contribution >= 0.6 is 0 Å². The smallest absolute Gasteiger partial charge is 0.228 e. The van der Waals surface area contributed by atoms with Gasteiger partial charge in [-0.3, -0.25) is 14.6 Å². The average molecular weight is 356 g/mol. The molecule has 0 radical (unpaired) electrons. The molecule has 6 nitrogen and oxygen atoms in total. The molecule has 3 aromatic rings. The van der Waals surface area contributed by atoms with Crippen molar-refractivity contribution in [3.63, 3.8) is 0 Å². The highest BCUT2D eigenvalue weighted by molar-refractivity contribution is 6.06. The monoisotopic (exact) mass is 356 g/mol. The molecule has 0 saturated heterocycles. The quantitative estimate of drug-likeness (QED) is 0.750. The van der Waals surface area contributed by atoms with E-state index < -0.39 is 0 Å². The SMILES string of the molecule is N#Cc1cccc(NC(=O)C2CC2C(=O)Nc2cccc3cccnc23)c1. The highest BCUT2D eigenvalue weighted by Gasteiger charge is 2.48. The number of pyridine rings is 1. The van der Waals surface area contributed by atoms with Crippen molar-refractivity contribution in [2.45, 2.75) is 6.42 Å². The van der Waals surface area contributed by atoms with Crippen molar-refractivity contribution >= 4 is 34.1 Å². The van der Waals surface area contributed by atoms with Crippen LogP contribution in [0.5, 0.6) is 0 Å². The molecule has 0 spiro atoms. The highest BCUT2D eigenvalue weighted by atomic mass is 16.2. The van der Waals surface area contributed by atoms with Gasteiger partial charge in [-0.05, 0) is 36.8 Å². The normalized spacial score (nSPS) is 17.7. The molecule has 6 heteroatoms. The largest absolute Gasteiger partial charge is 0.326 e. The maximum atomic E-state index is 12.5. The van der Waals surface area contributed by atoms with Gasteiger partial charge < -0.3 is 10.6 Å². The first-order chi connectivity index (χ1) is 13.2. The minimum absolute atomic E-state index is 0.181. The maximum absolute atomic E-state index is 12.5. The molecule has 1 aromatic heterocycles. The molecule has 2 unspecified atom stereocenters. The zero-order valence-electron chi connectivity index (χ0n) is 14.3. The van der Waals surface area contributed by atoms with Crippen molar-refractivity contribution in [2.75, 3.05) is 10.6 Å². The van der Waals surface area contributed by atoms with Crippen molar-refractivity contribution in [3.05, 3.63) is 66.4 Å². The molecule has 2 atom stereocenters. The molecule has 132 valence electrons. The van der Waals surface area contributed by atoms with Gasteiger partial charge in [0.15, 0.2) is 0 Å². The van der Waals surface area contributed by atoms with E-state index in [-0.39, 0.29) is 23.7 Å². The van der Waals surface area contributed by atoms with Gasteiger partial charge in [-0.1, -0.05) is 24.3 Å². The summed E-state index contributed by atoms with van der Waals surface area (Å²) in [6.07, 6.45) is 2.19. The second-order valence-electron chi connectivity index (χ2n) is 6.50. The molecule has 2 amide bonds. The molecule has 4 rings (SSSR count). The molecule has 1 saturated carbocycles. The highest BCUT2D eigenvalue weighted by Crippen LogP contribution is 2.40. The summed E-state index contributed by atoms with van der Waals surface area (Å²) in [4.78, 5) is 29.2. The number of nitrogens with one attached hydrogen (secondary N) is 2. The summed E-state index contributed by atoms with van der Waals surface area (Å²) in [6.45, 7) is 0. The predicted molar refractivity (Wildman–Crippen MR) is 102 cm³/mol. The Hall–Kier alpha value is -3.72. The molecule has 27 heavy (non-hydrogen) atoms. The minimum atomic E-state index is -0.362. The Bertz CT molecular complexity index is 1080. The van der Waals surface area contributed by atoms with Crippen LogP contribution in [0.1, 0.15) is 12.0 Å². The third kappa shape index (κ3) is 3.48. The van der Waals surface area contributed by atoms with E-state index in [1.54, 1.807) is 36.5 Å². The van der Waals surface area contributed by atoms with Crippen LogP contribution in [0, 0.1) is 23.2 Å². The van der Waals surface area contributed by atoms with Crippen molar-refractivity contribution in [2.24, 2.45) is 11.8 Å². The number of carbonyl (C=O) groups excluding carboxylic acids is 2. The van der Waals surface area contributed by atoms with Crippen LogP contribution in [-0.4, -0.2) is 16.8 Å². The Morgan fingerprint density at radius 3 is 2.56 bits per heavy atom. The van der Waals surface area contributed by atoms with Crippen LogP contribution in [0.4, 0.5) is 11.4 Å². The number of para-hydroxylation sites is 1. The first-order valence-corrected chi connectivity index (χ1v) is 8.61. The van der Waals surface area contributed by atoms with Gasteiger partial charge in [-0.2, -0.15) is 5.26 Å². The van der Waals surface area contributed by atoms with Gasteiger partial charge >= 0.3 is 0 Å². The van der Waals surface area contributed by atoms with E-state index in [2.05, 4.69) is 15.6 Å². The maximum Gasteiger partial charge on any atom is 0.228 e. The van der Waals surface area contributed by atoms with Crippen molar-refractivity contribution < 1.29 is 9.59 Å². The fourth-order valence-corrected chi connectivity index (χ4v) is 3.11. The molecular weight excluding hydrogens is 340 g/mol. The number of fused-ring (bicyclic) bond motifs is 1. The fraction of sp³-hybridized carbons (Fsp3) is 0.143. The molecule has 0 aliphatic heterocycles. The first-order valence-electron chi connectivity index (χ1n) is 8.61. The summed E-state index contributed by atoms with van der Waals surface area (Å²) < 4.78 is 0. The number of nitrogens with zero attached hydrogens (tertiary/aromatic N) is 2. The minimum Gasteiger partial charge on any atom is -0.326 e. The lowest BCUT2D eigenvalue weighted by atomic mass is 10.2. The number of hydrogen-bond acceptors (Lipinski definition) is 4. The summed E-state index contributed by atoms with van der Waals surface area (Å²) in [5.41, 5.74) is 2.40. The lowest BCUT2D eigenvalue weighted by Crippen LogP contribution is -2.20. The summed E-state index contributed by atoms with van der Waals surface area (Å²) in [5.74, 6) is -1.11. The first kappa shape index (κ1) is 16.7. The summed E-state index contributed by atoms with van der Waals surface area (Å²) in [7, 11) is 0. The van der Waals surface area contributed by atoms with Gasteiger partial charge in [0, 0.05) is 17.3 Å². The Labute approximate surface area is 155 Å². The van der Waals surface area contributed by atoms with Crippen LogP contribution in [-0.2, 0) is 9.59 Å². The van der Waals surface area contributed by atoms with E-state index in [0.29, 0.717) is 23.4 Å². The number of amides is 2. The lowest BCUT2D eigenvalue weighted by Gasteiger charge is -2.08. The van der Waals surface area contributed by atoms with Gasteiger partial charge in [0.2, 0.25) is 11.8 Å². The number of carbonyl (C=O) groups is 2. The fourth-order valence-electron chi connectivity index (χ4n) is 3.11. The van der Waals surface area contributed by atoms with E-state index in [4.69, 9.17) is 5.26 Å². The van der Waals surface area contributed by atoms with E-state index >= 15 is 0 Å². The molecule has 0 bridgehead atoms. The van der Waals surface area contributed by atoms with Crippen LogP contribution in [0.2, 0.25) is 0 Å². The van der Waals surface area contributed by atoms with Gasteiger partial charge in [0.25, 0.3) is 0 Å². The van der Waals surface area contributed by atoms with Crippen molar-refractivity contribution in [3.8, 4) is 6.07 Å². The molecule has 2 aromatic carbocycles. The summed E-state index contributed by atoms with van der Waals surface area (Å²) in [6, 6.07) is 18.1. The number of nitriles is 1. The standard InChI is InChI=1S/C21H16N4O2/c22-12-13-4-1-7-15(10-13)24-20(26)16-11-17(16)21(27)25-18-8-2-5-14-6-3-9-23-19(14)18/h1-10,16-17H,11H2,(H,24,26)(H,25,27). The van der Waals surface area contributed by atoms with Gasteiger partial charge in [-0.15, -0.1) is 0 Å². The topological polar surface area (TPSA) is 94.9 Å². The van der Waals surface area contributed by atoms with E-state index in [0.717, 1.165) is 10.9 Å². The number of aromatic nitrogens is 1. The number of rotatable bonds is 4. The molecule has 1 aliphatic carbocycles. The molecule has 1 aliphatic rings. The van der Waals surface area contributed by atoms with Crippen molar-refractivity contribution in [1.29, 1.82) is 5.26 Å². The zero-order valence-corrected chi connectivity index (χ0v) is 14.3. The molecule has 1 fully saturated rings. The van der Waals surface area contributed by atoms with Gasteiger partial charge in [0.05, 0.1) is 34.7 Å². The zero-order chi connectivity index (χ0) is 18.8. The Kier molecular flexibility index (Phi) is 4.27. The molecule has 2 N–H and O–H groups in total. The second-order valence-corrected chi connectivity index (χ2v) is 6.50. The van der Waals surface area contributed by atoms with E-state index in [1.165, 1.54) is 0 Å². The Morgan fingerprint density at radius 2 is 1.74 bits per heavy atom.